The molecule has 34 heavy (non-hydrogen) atoms. The zero-order valence-electron chi connectivity index (χ0n) is 18.7. The third kappa shape index (κ3) is 3.07. The number of primary amides is 1. The number of likely N-dealkylation sites (N-methyl/N-ethyl adjacent to an activating group) is 1. The van der Waals surface area contributed by atoms with E-state index in [1.54, 1.807) is 0 Å². The Bertz CT molecular complexity index is 1150. The first-order valence-corrected chi connectivity index (χ1v) is 9.97. The maximum Gasteiger partial charge on any atom is 0.255 e. The van der Waals surface area contributed by atoms with Crippen LogP contribution < -0.4 is 5.73 Å². The predicted octanol–water partition coefficient (Wildman–Crippen LogP) is -2.02. The summed E-state index contributed by atoms with van der Waals surface area (Å²) in [4.78, 5) is 40.0. The summed E-state index contributed by atoms with van der Waals surface area (Å²) >= 11 is 0. The molecule has 11 N–H and O–H groups in total. The van der Waals surface area contributed by atoms with Crippen LogP contribution in [0, 0.1) is 11.8 Å². The molecular weight excluding hydrogens is 452 g/mol. The van der Waals surface area contributed by atoms with E-state index < -0.39 is 75.0 Å². The van der Waals surface area contributed by atoms with Crippen LogP contribution in [0.2, 0.25) is 0 Å². The lowest BCUT2D eigenvalue weighted by Crippen LogP contribution is -2.67. The number of hydrogen-bond donors (Lipinski definition) is 6. The number of nitrogens with two attached hydrogens (primary N) is 1. The second-order valence-corrected chi connectivity index (χ2v) is 8.96. The SMILES string of the molecule is CN(C)[C@@H]1C(=O)C(C(N)=O)=C(O)[C@@]2(O)C(=O)C3=C(O)c4c(O)cccc4[C@@](C)(O)[C@H]3C[C@@H]12.O.O. The highest BCUT2D eigenvalue weighted by molar-refractivity contribution is 6.24. The number of benzene rings is 1. The van der Waals surface area contributed by atoms with Gasteiger partial charge in [0, 0.05) is 17.4 Å². The number of amides is 1. The molecule has 0 heterocycles. The van der Waals surface area contributed by atoms with E-state index in [1.807, 2.05) is 0 Å². The summed E-state index contributed by atoms with van der Waals surface area (Å²) < 4.78 is 0. The van der Waals surface area contributed by atoms with Gasteiger partial charge in [-0.05, 0) is 39.1 Å². The topological polar surface area (TPSA) is 245 Å². The maximum absolute atomic E-state index is 13.7. The van der Waals surface area contributed by atoms with Gasteiger partial charge in [0.25, 0.3) is 5.91 Å². The van der Waals surface area contributed by atoms with Crippen molar-refractivity contribution in [2.75, 3.05) is 14.1 Å². The number of nitrogens with zero attached hydrogens (tertiary/aromatic N) is 1. The number of aliphatic hydroxyl groups excluding tert-OH is 2. The largest absolute Gasteiger partial charge is 0.508 e. The smallest absolute Gasteiger partial charge is 0.255 e. The van der Waals surface area contributed by atoms with E-state index in [0.717, 1.165) is 0 Å². The molecule has 1 amide bonds. The normalized spacial score (nSPS) is 32.4. The molecule has 1 fully saturated rings. The number of ketones is 2. The fourth-order valence-electron chi connectivity index (χ4n) is 5.50. The average molecular weight is 480 g/mol. The summed E-state index contributed by atoms with van der Waals surface area (Å²) in [7, 11) is 3.01. The van der Waals surface area contributed by atoms with Gasteiger partial charge in [-0.1, -0.05) is 12.1 Å². The van der Waals surface area contributed by atoms with Gasteiger partial charge in [-0.15, -0.1) is 0 Å². The minimum Gasteiger partial charge on any atom is -0.508 e. The van der Waals surface area contributed by atoms with E-state index in [4.69, 9.17) is 5.73 Å². The van der Waals surface area contributed by atoms with Gasteiger partial charge in [-0.25, -0.2) is 0 Å². The average Bonchev–Trinajstić information content (AvgIpc) is 2.68. The van der Waals surface area contributed by atoms with Crippen LogP contribution in [-0.4, -0.2) is 84.6 Å². The Labute approximate surface area is 193 Å². The van der Waals surface area contributed by atoms with Crippen LogP contribution in [0.5, 0.6) is 5.75 Å². The van der Waals surface area contributed by atoms with E-state index in [1.165, 1.54) is 44.1 Å². The van der Waals surface area contributed by atoms with Gasteiger partial charge in [-0.3, -0.25) is 19.3 Å². The fourth-order valence-corrected chi connectivity index (χ4v) is 5.50. The summed E-state index contributed by atoms with van der Waals surface area (Å²) in [5.41, 5.74) is -0.548. The minimum atomic E-state index is -2.75. The fraction of sp³-hybridized carbons (Fsp3) is 0.409. The number of carbonyl (C=O) groups excluding carboxylic acids is 3. The second kappa shape index (κ2) is 8.18. The molecule has 0 saturated heterocycles. The second-order valence-electron chi connectivity index (χ2n) is 8.96. The van der Waals surface area contributed by atoms with Crippen molar-refractivity contribution in [3.63, 3.8) is 0 Å². The molecule has 186 valence electrons. The molecule has 0 aromatic heterocycles. The molecule has 3 aliphatic rings. The van der Waals surface area contributed by atoms with E-state index in [2.05, 4.69) is 0 Å². The summed E-state index contributed by atoms with van der Waals surface area (Å²) in [6.45, 7) is 1.40. The van der Waals surface area contributed by atoms with Crippen molar-refractivity contribution in [1.82, 2.24) is 4.90 Å². The molecule has 3 aliphatic carbocycles. The molecule has 12 nitrogen and oxygen atoms in total. The van der Waals surface area contributed by atoms with Gasteiger partial charge in [-0.2, -0.15) is 0 Å². The molecule has 0 aliphatic heterocycles. The third-order valence-electron chi connectivity index (χ3n) is 7.02. The Hall–Kier alpha value is -3.29. The predicted molar refractivity (Wildman–Crippen MR) is 117 cm³/mol. The van der Waals surface area contributed by atoms with E-state index in [-0.39, 0.29) is 28.5 Å². The third-order valence-corrected chi connectivity index (χ3v) is 7.02. The molecule has 0 radical (unpaired) electrons. The van der Waals surface area contributed by atoms with Gasteiger partial charge in [0.1, 0.15) is 22.8 Å². The lowest BCUT2D eigenvalue weighted by Gasteiger charge is -2.53. The van der Waals surface area contributed by atoms with Crippen molar-refractivity contribution in [3.05, 3.63) is 46.2 Å². The van der Waals surface area contributed by atoms with Crippen molar-refractivity contribution in [1.29, 1.82) is 0 Å². The van der Waals surface area contributed by atoms with Gasteiger partial charge in [0.05, 0.1) is 17.2 Å². The maximum atomic E-state index is 13.7. The number of aliphatic hydroxyl groups is 4. The van der Waals surface area contributed by atoms with Crippen LogP contribution in [0.15, 0.2) is 35.1 Å². The molecule has 12 heteroatoms. The Morgan fingerprint density at radius 3 is 2.24 bits per heavy atom. The number of carbonyl (C=O) groups is 3. The molecule has 5 atom stereocenters. The molecule has 1 aromatic carbocycles. The first-order valence-electron chi connectivity index (χ1n) is 9.97. The Morgan fingerprint density at radius 2 is 1.71 bits per heavy atom. The quantitative estimate of drug-likeness (QED) is 0.255. The number of phenolic OH excluding ortho intramolecular Hbond substituents is 1. The number of rotatable bonds is 2. The number of phenols is 1. The first kappa shape index (κ1) is 27.0. The van der Waals surface area contributed by atoms with Crippen molar-refractivity contribution in [2.24, 2.45) is 17.6 Å². The number of aromatic hydroxyl groups is 1. The van der Waals surface area contributed by atoms with Crippen LogP contribution in [0.25, 0.3) is 5.76 Å². The number of fused-ring (bicyclic) bond motifs is 3. The van der Waals surface area contributed by atoms with Crippen molar-refractivity contribution in [2.45, 2.75) is 30.6 Å². The molecule has 1 saturated carbocycles. The zero-order chi connectivity index (χ0) is 23.9. The van der Waals surface area contributed by atoms with Gasteiger partial charge < -0.3 is 42.2 Å². The van der Waals surface area contributed by atoms with Crippen LogP contribution >= 0.6 is 0 Å². The molecule has 0 unspecified atom stereocenters. The summed E-state index contributed by atoms with van der Waals surface area (Å²) in [5.74, 6) is -7.90. The molecule has 0 spiro atoms. The standard InChI is InChI=1S/C22H24N2O8.2H2O/c1-21(31)8-5-4-6-11(25)12(8)16(26)13-9(21)7-10-15(24(2)3)17(27)14(20(23)30)19(29)22(10,32)18(13)28;;/h4-6,9-10,15,25-26,29,31-32H,7H2,1-3H3,(H2,23,30);2*1H2/t9-,10-,15-,21+,22-;;/m0../s1. The van der Waals surface area contributed by atoms with E-state index in [9.17, 15) is 39.9 Å². The van der Waals surface area contributed by atoms with Gasteiger partial charge in [0.2, 0.25) is 5.78 Å². The lowest BCUT2D eigenvalue weighted by molar-refractivity contribution is -0.159. The summed E-state index contributed by atoms with van der Waals surface area (Å²) in [6, 6.07) is 3.02. The molecule has 1 aromatic rings. The van der Waals surface area contributed by atoms with Crippen LogP contribution in [0.1, 0.15) is 24.5 Å². The molecule has 0 bridgehead atoms. The van der Waals surface area contributed by atoms with Crippen LogP contribution in [0.3, 0.4) is 0 Å². The highest BCUT2D eigenvalue weighted by Gasteiger charge is 2.66. The van der Waals surface area contributed by atoms with Crippen molar-refractivity contribution in [3.8, 4) is 5.75 Å². The highest BCUT2D eigenvalue weighted by Crippen LogP contribution is 2.57. The molecular formula is C22H28N2O10. The summed E-state index contributed by atoms with van der Waals surface area (Å²) in [5, 5.41) is 54.9. The van der Waals surface area contributed by atoms with Gasteiger partial charge >= 0.3 is 0 Å². The number of Topliss-reactive ketones (excluding diaryl/α,β-unsaturated/α-hetero) is 2. The van der Waals surface area contributed by atoms with Crippen molar-refractivity contribution < 1.29 is 50.9 Å². The number of hydrogen-bond acceptors (Lipinski definition) is 9. The van der Waals surface area contributed by atoms with E-state index >= 15 is 0 Å². The monoisotopic (exact) mass is 480 g/mol. The zero-order valence-corrected chi connectivity index (χ0v) is 18.7. The van der Waals surface area contributed by atoms with Gasteiger partial charge in [0.15, 0.2) is 11.4 Å². The Morgan fingerprint density at radius 1 is 1.12 bits per heavy atom. The highest BCUT2D eigenvalue weighted by atomic mass is 16.3. The van der Waals surface area contributed by atoms with Crippen molar-refractivity contribution >= 4 is 23.2 Å². The molecule has 4 rings (SSSR count). The van der Waals surface area contributed by atoms with Crippen LogP contribution in [0.4, 0.5) is 0 Å². The first-order chi connectivity index (χ1) is 14.8. The van der Waals surface area contributed by atoms with Crippen LogP contribution in [-0.2, 0) is 20.0 Å². The Kier molecular flexibility index (Phi) is 6.49. The van der Waals surface area contributed by atoms with E-state index in [0.29, 0.717) is 0 Å². The lowest BCUT2D eigenvalue weighted by atomic mass is 9.54. The Balaban J connectivity index is 0.00000204. The summed E-state index contributed by atoms with van der Waals surface area (Å²) in [6.07, 6.45) is -0.200. The minimum absolute atomic E-state index is 0.